The molecule has 0 aliphatic carbocycles. The van der Waals surface area contributed by atoms with Crippen molar-refractivity contribution in [3.8, 4) is 0 Å². The molecule has 0 bridgehead atoms. The van der Waals surface area contributed by atoms with Crippen molar-refractivity contribution < 1.29 is 26.7 Å². The number of nitrogens with zero attached hydrogens (tertiary/aromatic N) is 3. The Labute approximate surface area is 143 Å². The van der Waals surface area contributed by atoms with Gasteiger partial charge in [-0.2, -0.15) is 18.3 Å². The first-order valence-electron chi connectivity index (χ1n) is 7.30. The maximum Gasteiger partial charge on any atom is 0.416 e. The van der Waals surface area contributed by atoms with Crippen LogP contribution in [0.2, 0.25) is 0 Å². The van der Waals surface area contributed by atoms with E-state index in [1.807, 2.05) is 0 Å². The molecule has 0 radical (unpaired) electrons. The minimum Gasteiger partial charge on any atom is -0.391 e. The molecule has 25 heavy (non-hydrogen) atoms. The van der Waals surface area contributed by atoms with Gasteiger partial charge in [0.1, 0.15) is 4.90 Å². The fraction of sp³-hybridized carbons (Fsp3) is 0.400. The van der Waals surface area contributed by atoms with Gasteiger partial charge in [0.05, 0.1) is 24.4 Å². The second kappa shape index (κ2) is 7.14. The lowest BCUT2D eigenvalue weighted by atomic mass is 10.0. The Balaban J connectivity index is 2.12. The Bertz CT molecular complexity index is 832. The summed E-state index contributed by atoms with van der Waals surface area (Å²) in [4.78, 5) is -0.0552. The molecule has 0 saturated heterocycles. The van der Waals surface area contributed by atoms with E-state index in [1.165, 1.54) is 43.2 Å². The summed E-state index contributed by atoms with van der Waals surface area (Å²) in [6.45, 7) is -0.130. The number of rotatable bonds is 6. The number of hydrogen-bond acceptors (Lipinski definition) is 4. The van der Waals surface area contributed by atoms with Gasteiger partial charge in [0.15, 0.2) is 0 Å². The zero-order valence-electron chi connectivity index (χ0n) is 13.6. The van der Waals surface area contributed by atoms with E-state index >= 15 is 0 Å². The zero-order valence-corrected chi connectivity index (χ0v) is 14.4. The maximum absolute atomic E-state index is 13.0. The Hall–Kier alpha value is -1.91. The third-order valence-electron chi connectivity index (χ3n) is 3.56. The third kappa shape index (κ3) is 4.59. The summed E-state index contributed by atoms with van der Waals surface area (Å²) in [6.07, 6.45) is -3.53. The van der Waals surface area contributed by atoms with E-state index < -0.39 is 27.9 Å². The van der Waals surface area contributed by atoms with Crippen LogP contribution >= 0.6 is 0 Å². The molecule has 1 aromatic carbocycles. The Morgan fingerprint density at radius 2 is 1.92 bits per heavy atom. The van der Waals surface area contributed by atoms with Crippen molar-refractivity contribution >= 4 is 10.0 Å². The molecule has 2 aromatic rings. The summed E-state index contributed by atoms with van der Waals surface area (Å²) < 4.78 is 65.0. The topological polar surface area (TPSA) is 75.4 Å². The average Bonchev–Trinajstić information content (AvgIpc) is 2.95. The van der Waals surface area contributed by atoms with Gasteiger partial charge in [-0.3, -0.25) is 4.68 Å². The van der Waals surface area contributed by atoms with Gasteiger partial charge in [0.2, 0.25) is 10.0 Å². The number of aliphatic hydroxyl groups excluding tert-OH is 1. The Morgan fingerprint density at radius 3 is 2.52 bits per heavy atom. The lowest BCUT2D eigenvalue weighted by Gasteiger charge is -2.16. The van der Waals surface area contributed by atoms with Gasteiger partial charge in [-0.25, -0.2) is 12.7 Å². The summed E-state index contributed by atoms with van der Waals surface area (Å²) in [7, 11) is -0.916. The number of hydrogen-bond donors (Lipinski definition) is 1. The largest absolute Gasteiger partial charge is 0.416 e. The summed E-state index contributed by atoms with van der Waals surface area (Å²) in [5.74, 6) is 0. The molecule has 0 aliphatic rings. The summed E-state index contributed by atoms with van der Waals surface area (Å²) in [5.41, 5.74) is -0.832. The predicted octanol–water partition coefficient (Wildman–Crippen LogP) is 1.76. The molecule has 2 rings (SSSR count). The first-order chi connectivity index (χ1) is 11.5. The third-order valence-corrected chi connectivity index (χ3v) is 5.33. The van der Waals surface area contributed by atoms with E-state index in [0.29, 0.717) is 0 Å². The molecule has 0 aliphatic heterocycles. The molecule has 1 unspecified atom stereocenters. The van der Waals surface area contributed by atoms with Crippen molar-refractivity contribution in [2.75, 3.05) is 14.1 Å². The zero-order chi connectivity index (χ0) is 18.8. The van der Waals surface area contributed by atoms with Gasteiger partial charge < -0.3 is 5.11 Å². The van der Waals surface area contributed by atoms with Crippen LogP contribution in [0.1, 0.15) is 11.1 Å². The molecule has 0 spiro atoms. The van der Waals surface area contributed by atoms with Gasteiger partial charge in [-0.15, -0.1) is 0 Å². The molecule has 0 saturated carbocycles. The number of halogens is 3. The van der Waals surface area contributed by atoms with E-state index in [1.54, 1.807) is 0 Å². The average molecular weight is 377 g/mol. The monoisotopic (exact) mass is 377 g/mol. The van der Waals surface area contributed by atoms with Crippen LogP contribution in [0.15, 0.2) is 41.6 Å². The molecule has 1 aromatic heterocycles. The van der Waals surface area contributed by atoms with E-state index in [-0.39, 0.29) is 23.4 Å². The van der Waals surface area contributed by atoms with Crippen LogP contribution in [0.3, 0.4) is 0 Å². The minimum atomic E-state index is -4.50. The lowest BCUT2D eigenvalue weighted by Crippen LogP contribution is -2.22. The van der Waals surface area contributed by atoms with Crippen LogP contribution in [-0.4, -0.2) is 47.8 Å². The summed E-state index contributed by atoms with van der Waals surface area (Å²) in [6, 6.07) is 5.01. The van der Waals surface area contributed by atoms with Crippen LogP contribution in [0.4, 0.5) is 13.2 Å². The van der Waals surface area contributed by atoms with Crippen LogP contribution in [0, 0.1) is 0 Å². The lowest BCUT2D eigenvalue weighted by molar-refractivity contribution is -0.138. The SMILES string of the molecule is CN(C)S(=O)(=O)c1cnn(CC(O)Cc2ccccc2C(F)(F)F)c1. The molecule has 1 heterocycles. The van der Waals surface area contributed by atoms with E-state index in [9.17, 15) is 26.7 Å². The Morgan fingerprint density at radius 1 is 1.28 bits per heavy atom. The highest BCUT2D eigenvalue weighted by atomic mass is 32.2. The normalized spacial score (nSPS) is 14.0. The fourth-order valence-corrected chi connectivity index (χ4v) is 3.15. The molecule has 1 N–H and O–H groups in total. The summed E-state index contributed by atoms with van der Waals surface area (Å²) >= 11 is 0. The molecular formula is C15H18F3N3O3S. The molecular weight excluding hydrogens is 359 g/mol. The number of aliphatic hydroxyl groups is 1. The van der Waals surface area contributed by atoms with Crippen molar-refractivity contribution in [1.82, 2.24) is 14.1 Å². The van der Waals surface area contributed by atoms with E-state index in [2.05, 4.69) is 5.10 Å². The fourth-order valence-electron chi connectivity index (χ4n) is 2.30. The standard InChI is InChI=1S/C15H18F3N3O3S/c1-20(2)25(23,24)13-8-19-21(10-13)9-12(22)7-11-5-3-4-6-14(11)15(16,17)18/h3-6,8,10,12,22H,7,9H2,1-2H3. The van der Waals surface area contributed by atoms with Crippen molar-refractivity contribution in [2.45, 2.75) is 30.1 Å². The minimum absolute atomic E-state index is 0.0317. The van der Waals surface area contributed by atoms with Gasteiger partial charge in [0, 0.05) is 26.7 Å². The van der Waals surface area contributed by atoms with E-state index in [0.717, 1.165) is 16.6 Å². The Kier molecular flexibility index (Phi) is 5.55. The van der Waals surface area contributed by atoms with Gasteiger partial charge in [0.25, 0.3) is 0 Å². The molecule has 0 amide bonds. The molecule has 10 heteroatoms. The van der Waals surface area contributed by atoms with Crippen molar-refractivity contribution in [3.05, 3.63) is 47.8 Å². The van der Waals surface area contributed by atoms with Gasteiger partial charge >= 0.3 is 6.18 Å². The van der Waals surface area contributed by atoms with Crippen LogP contribution in [0.5, 0.6) is 0 Å². The number of alkyl halides is 3. The second-order valence-electron chi connectivity index (χ2n) is 5.70. The van der Waals surface area contributed by atoms with Crippen LogP contribution in [0.25, 0.3) is 0 Å². The second-order valence-corrected chi connectivity index (χ2v) is 7.85. The molecule has 0 fully saturated rings. The maximum atomic E-state index is 13.0. The first-order valence-corrected chi connectivity index (χ1v) is 8.74. The smallest absolute Gasteiger partial charge is 0.391 e. The summed E-state index contributed by atoms with van der Waals surface area (Å²) in [5, 5.41) is 13.9. The van der Waals surface area contributed by atoms with Gasteiger partial charge in [-0.05, 0) is 11.6 Å². The van der Waals surface area contributed by atoms with Crippen molar-refractivity contribution in [3.63, 3.8) is 0 Å². The highest BCUT2D eigenvalue weighted by Gasteiger charge is 2.33. The molecule has 1 atom stereocenters. The van der Waals surface area contributed by atoms with Gasteiger partial charge in [-0.1, -0.05) is 18.2 Å². The van der Waals surface area contributed by atoms with Crippen LogP contribution in [-0.2, 0) is 29.2 Å². The number of aromatic nitrogens is 2. The van der Waals surface area contributed by atoms with Crippen LogP contribution < -0.4 is 0 Å². The van der Waals surface area contributed by atoms with Crippen molar-refractivity contribution in [2.24, 2.45) is 0 Å². The highest BCUT2D eigenvalue weighted by molar-refractivity contribution is 7.89. The van der Waals surface area contributed by atoms with Crippen molar-refractivity contribution in [1.29, 1.82) is 0 Å². The quantitative estimate of drug-likeness (QED) is 0.832. The van der Waals surface area contributed by atoms with E-state index in [4.69, 9.17) is 0 Å². The predicted molar refractivity (Wildman–Crippen MR) is 84.3 cm³/mol. The highest BCUT2D eigenvalue weighted by Crippen LogP contribution is 2.32. The number of sulfonamides is 1. The number of benzene rings is 1. The molecule has 6 nitrogen and oxygen atoms in total. The molecule has 138 valence electrons. The first kappa shape index (κ1) is 19.4.